The minimum atomic E-state index is 0.650. The van der Waals surface area contributed by atoms with E-state index >= 15 is 0 Å². The number of hydrogen-bond donors (Lipinski definition) is 1. The van der Waals surface area contributed by atoms with Crippen LogP contribution in [0.2, 0.25) is 0 Å². The second-order valence-corrected chi connectivity index (χ2v) is 6.76. The van der Waals surface area contributed by atoms with Gasteiger partial charge >= 0.3 is 0 Å². The zero-order chi connectivity index (χ0) is 14.8. The molecule has 1 aromatic rings. The number of aryl methyl sites for hydroxylation is 1. The SMILES string of the molecule is Cc1cc(CNC2CC2)cnc1N1CCN(C(C)C)CC1. The monoisotopic (exact) mass is 288 g/mol. The summed E-state index contributed by atoms with van der Waals surface area (Å²) >= 11 is 0. The summed E-state index contributed by atoms with van der Waals surface area (Å²) in [7, 11) is 0. The number of nitrogens with zero attached hydrogens (tertiary/aromatic N) is 3. The van der Waals surface area contributed by atoms with Gasteiger partial charge in [-0.15, -0.1) is 0 Å². The molecule has 0 atom stereocenters. The Hall–Kier alpha value is -1.13. The van der Waals surface area contributed by atoms with E-state index in [1.165, 1.54) is 29.8 Å². The van der Waals surface area contributed by atoms with Crippen molar-refractivity contribution in [3.05, 3.63) is 23.4 Å². The molecular weight excluding hydrogens is 260 g/mol. The van der Waals surface area contributed by atoms with E-state index in [1.807, 2.05) is 6.20 Å². The van der Waals surface area contributed by atoms with Crippen LogP contribution in [-0.4, -0.2) is 48.1 Å². The minimum Gasteiger partial charge on any atom is -0.354 e. The van der Waals surface area contributed by atoms with Gasteiger partial charge in [0.15, 0.2) is 0 Å². The lowest BCUT2D eigenvalue weighted by atomic mass is 10.1. The van der Waals surface area contributed by atoms with E-state index in [1.54, 1.807) is 0 Å². The summed E-state index contributed by atoms with van der Waals surface area (Å²) in [6, 6.07) is 3.71. The molecule has 1 saturated carbocycles. The number of hydrogen-bond acceptors (Lipinski definition) is 4. The zero-order valence-electron chi connectivity index (χ0n) is 13.6. The lowest BCUT2D eigenvalue weighted by Gasteiger charge is -2.38. The van der Waals surface area contributed by atoms with Crippen molar-refractivity contribution in [1.82, 2.24) is 15.2 Å². The van der Waals surface area contributed by atoms with Gasteiger partial charge in [-0.25, -0.2) is 4.98 Å². The van der Waals surface area contributed by atoms with Crippen LogP contribution >= 0.6 is 0 Å². The number of aromatic nitrogens is 1. The van der Waals surface area contributed by atoms with Gasteiger partial charge in [0.1, 0.15) is 5.82 Å². The molecule has 1 saturated heterocycles. The number of nitrogens with one attached hydrogen (secondary N) is 1. The third-order valence-corrected chi connectivity index (χ3v) is 4.62. The number of piperazine rings is 1. The summed E-state index contributed by atoms with van der Waals surface area (Å²) in [5.41, 5.74) is 2.62. The molecule has 0 bridgehead atoms. The standard InChI is InChI=1S/C17H28N4/c1-13(2)20-6-8-21(9-7-20)17-14(3)10-15(12-19-17)11-18-16-4-5-16/h10,12-13,16,18H,4-9,11H2,1-3H3. The van der Waals surface area contributed by atoms with Crippen LogP contribution in [0.4, 0.5) is 5.82 Å². The lowest BCUT2D eigenvalue weighted by molar-refractivity contribution is 0.209. The minimum absolute atomic E-state index is 0.650. The third-order valence-electron chi connectivity index (χ3n) is 4.62. The van der Waals surface area contributed by atoms with Gasteiger partial charge in [0.05, 0.1) is 0 Å². The van der Waals surface area contributed by atoms with E-state index in [2.05, 4.69) is 42.0 Å². The Morgan fingerprint density at radius 3 is 2.52 bits per heavy atom. The van der Waals surface area contributed by atoms with Gasteiger partial charge in [-0.1, -0.05) is 0 Å². The predicted octanol–water partition coefficient (Wildman–Crippen LogP) is 2.17. The average molecular weight is 288 g/mol. The molecule has 2 heterocycles. The number of anilines is 1. The lowest BCUT2D eigenvalue weighted by Crippen LogP contribution is -2.49. The highest BCUT2D eigenvalue weighted by Gasteiger charge is 2.22. The van der Waals surface area contributed by atoms with E-state index in [-0.39, 0.29) is 0 Å². The molecule has 0 amide bonds. The molecule has 1 aliphatic heterocycles. The highest BCUT2D eigenvalue weighted by Crippen LogP contribution is 2.22. The van der Waals surface area contributed by atoms with Gasteiger partial charge in [-0.05, 0) is 50.8 Å². The second kappa shape index (κ2) is 6.32. The van der Waals surface area contributed by atoms with Crippen LogP contribution in [0, 0.1) is 6.92 Å². The van der Waals surface area contributed by atoms with Gasteiger partial charge in [-0.3, -0.25) is 4.90 Å². The Morgan fingerprint density at radius 2 is 1.95 bits per heavy atom. The van der Waals surface area contributed by atoms with E-state index < -0.39 is 0 Å². The van der Waals surface area contributed by atoms with Gasteiger partial charge in [0.2, 0.25) is 0 Å². The highest BCUT2D eigenvalue weighted by molar-refractivity contribution is 5.47. The Balaban J connectivity index is 1.60. The molecule has 0 aromatic carbocycles. The van der Waals surface area contributed by atoms with Crippen LogP contribution in [0.5, 0.6) is 0 Å². The predicted molar refractivity (Wildman–Crippen MR) is 87.8 cm³/mol. The molecule has 1 N–H and O–H groups in total. The summed E-state index contributed by atoms with van der Waals surface area (Å²) in [5.74, 6) is 1.17. The molecule has 21 heavy (non-hydrogen) atoms. The van der Waals surface area contributed by atoms with Crippen molar-refractivity contribution in [1.29, 1.82) is 0 Å². The first-order valence-corrected chi connectivity index (χ1v) is 8.31. The fraction of sp³-hybridized carbons (Fsp3) is 0.706. The molecule has 4 nitrogen and oxygen atoms in total. The normalized spacial score (nSPS) is 20.3. The Kier molecular flexibility index (Phi) is 4.45. The molecule has 1 aliphatic carbocycles. The van der Waals surface area contributed by atoms with Crippen molar-refractivity contribution in [3.63, 3.8) is 0 Å². The van der Waals surface area contributed by atoms with Gasteiger partial charge in [-0.2, -0.15) is 0 Å². The van der Waals surface area contributed by atoms with Crippen LogP contribution in [0.3, 0.4) is 0 Å². The third kappa shape index (κ3) is 3.74. The van der Waals surface area contributed by atoms with Crippen LogP contribution in [-0.2, 0) is 6.54 Å². The van der Waals surface area contributed by atoms with Crippen molar-refractivity contribution < 1.29 is 0 Å². The molecule has 2 fully saturated rings. The molecule has 2 aliphatic rings. The molecule has 3 rings (SSSR count). The maximum atomic E-state index is 4.74. The van der Waals surface area contributed by atoms with Crippen LogP contribution in [0.1, 0.15) is 37.8 Å². The van der Waals surface area contributed by atoms with E-state index in [4.69, 9.17) is 4.98 Å². The first-order valence-electron chi connectivity index (χ1n) is 8.31. The van der Waals surface area contributed by atoms with Crippen molar-refractivity contribution in [2.75, 3.05) is 31.1 Å². The maximum absolute atomic E-state index is 4.74. The van der Waals surface area contributed by atoms with Gasteiger partial charge < -0.3 is 10.2 Å². The molecule has 1 aromatic heterocycles. The molecule has 0 spiro atoms. The highest BCUT2D eigenvalue weighted by atomic mass is 15.3. The molecule has 4 heteroatoms. The van der Waals surface area contributed by atoms with Crippen LogP contribution in [0.15, 0.2) is 12.3 Å². The summed E-state index contributed by atoms with van der Waals surface area (Å²) in [6.45, 7) is 12.2. The smallest absolute Gasteiger partial charge is 0.131 e. The summed E-state index contributed by atoms with van der Waals surface area (Å²) < 4.78 is 0. The van der Waals surface area contributed by atoms with Crippen molar-refractivity contribution in [3.8, 4) is 0 Å². The van der Waals surface area contributed by atoms with Crippen molar-refractivity contribution in [2.24, 2.45) is 0 Å². The number of pyridine rings is 1. The van der Waals surface area contributed by atoms with Gasteiger partial charge in [0, 0.05) is 51.0 Å². The Morgan fingerprint density at radius 1 is 1.24 bits per heavy atom. The Bertz CT molecular complexity index is 474. The molecular formula is C17H28N4. The first kappa shape index (κ1) is 14.8. The van der Waals surface area contributed by atoms with Crippen LogP contribution < -0.4 is 10.2 Å². The Labute approximate surface area is 128 Å². The first-order chi connectivity index (χ1) is 10.1. The van der Waals surface area contributed by atoms with Crippen molar-refractivity contribution >= 4 is 5.82 Å². The summed E-state index contributed by atoms with van der Waals surface area (Å²) in [5, 5.41) is 3.56. The van der Waals surface area contributed by atoms with E-state index in [9.17, 15) is 0 Å². The van der Waals surface area contributed by atoms with Gasteiger partial charge in [0.25, 0.3) is 0 Å². The quantitative estimate of drug-likeness (QED) is 0.900. The topological polar surface area (TPSA) is 31.4 Å². The van der Waals surface area contributed by atoms with E-state index in [0.717, 1.165) is 38.8 Å². The molecule has 116 valence electrons. The maximum Gasteiger partial charge on any atom is 0.131 e. The average Bonchev–Trinajstić information content (AvgIpc) is 3.29. The number of rotatable bonds is 5. The fourth-order valence-corrected chi connectivity index (χ4v) is 3.05. The summed E-state index contributed by atoms with van der Waals surface area (Å²) in [6.07, 6.45) is 4.72. The fourth-order valence-electron chi connectivity index (χ4n) is 3.05. The van der Waals surface area contributed by atoms with E-state index in [0.29, 0.717) is 6.04 Å². The summed E-state index contributed by atoms with van der Waals surface area (Å²) in [4.78, 5) is 9.72. The molecule has 0 unspecified atom stereocenters. The van der Waals surface area contributed by atoms with Crippen LogP contribution in [0.25, 0.3) is 0 Å². The second-order valence-electron chi connectivity index (χ2n) is 6.76. The largest absolute Gasteiger partial charge is 0.354 e. The zero-order valence-corrected chi connectivity index (χ0v) is 13.6. The molecule has 0 radical (unpaired) electrons. The van der Waals surface area contributed by atoms with Crippen molar-refractivity contribution in [2.45, 2.75) is 52.2 Å².